The summed E-state index contributed by atoms with van der Waals surface area (Å²) in [7, 11) is 0. The van der Waals surface area contributed by atoms with E-state index in [0.717, 1.165) is 52.4 Å². The standard InChI is InChI=1S/C14H22Cl2N4O/c1-2-17-13-11(15)10-12(16)14(19-13)18-4-3-5-20-6-8-21-9-7-20/h10H,2-9H2,1H3,(H2,17,18,19). The van der Waals surface area contributed by atoms with Gasteiger partial charge in [0.25, 0.3) is 0 Å². The highest BCUT2D eigenvalue weighted by atomic mass is 35.5. The van der Waals surface area contributed by atoms with Gasteiger partial charge in [-0.2, -0.15) is 0 Å². The quantitative estimate of drug-likeness (QED) is 0.752. The Balaban J connectivity index is 1.80. The Bertz CT molecular complexity index is 453. The van der Waals surface area contributed by atoms with Crippen LogP contribution in [0.4, 0.5) is 11.6 Å². The number of nitrogens with one attached hydrogen (secondary N) is 2. The average Bonchev–Trinajstić information content (AvgIpc) is 2.49. The number of halogens is 2. The molecule has 1 fully saturated rings. The van der Waals surface area contributed by atoms with Gasteiger partial charge in [0.2, 0.25) is 0 Å². The largest absolute Gasteiger partial charge is 0.379 e. The van der Waals surface area contributed by atoms with Crippen LogP contribution < -0.4 is 10.6 Å². The van der Waals surface area contributed by atoms with E-state index in [1.165, 1.54) is 0 Å². The van der Waals surface area contributed by atoms with Crippen molar-refractivity contribution >= 4 is 34.8 Å². The van der Waals surface area contributed by atoms with Crippen LogP contribution in [0.1, 0.15) is 13.3 Å². The van der Waals surface area contributed by atoms with Crippen molar-refractivity contribution < 1.29 is 4.74 Å². The molecule has 0 spiro atoms. The van der Waals surface area contributed by atoms with Gasteiger partial charge in [-0.3, -0.25) is 4.90 Å². The molecule has 2 heterocycles. The first kappa shape index (κ1) is 16.6. The van der Waals surface area contributed by atoms with E-state index in [1.807, 2.05) is 6.92 Å². The maximum Gasteiger partial charge on any atom is 0.147 e. The predicted octanol–water partition coefficient (Wildman–Crippen LogP) is 2.95. The summed E-state index contributed by atoms with van der Waals surface area (Å²) in [5.41, 5.74) is 0. The molecule has 1 aromatic rings. The molecule has 0 atom stereocenters. The number of anilines is 2. The van der Waals surface area contributed by atoms with Crippen LogP contribution in [0.25, 0.3) is 0 Å². The minimum Gasteiger partial charge on any atom is -0.379 e. The zero-order chi connectivity index (χ0) is 15.1. The van der Waals surface area contributed by atoms with Gasteiger partial charge in [0, 0.05) is 26.2 Å². The van der Waals surface area contributed by atoms with Crippen molar-refractivity contribution in [1.82, 2.24) is 9.88 Å². The first-order chi connectivity index (χ1) is 10.2. The van der Waals surface area contributed by atoms with E-state index in [-0.39, 0.29) is 0 Å². The minimum atomic E-state index is 0.542. The van der Waals surface area contributed by atoms with Crippen molar-refractivity contribution in [3.8, 4) is 0 Å². The molecule has 118 valence electrons. The van der Waals surface area contributed by atoms with E-state index < -0.39 is 0 Å². The Labute approximate surface area is 136 Å². The molecule has 0 aromatic carbocycles. The average molecular weight is 333 g/mol. The summed E-state index contributed by atoms with van der Waals surface area (Å²) in [6.45, 7) is 8.37. The zero-order valence-corrected chi connectivity index (χ0v) is 13.8. The van der Waals surface area contributed by atoms with Crippen molar-refractivity contribution in [3.05, 3.63) is 16.1 Å². The molecule has 1 aliphatic heterocycles. The van der Waals surface area contributed by atoms with E-state index in [4.69, 9.17) is 27.9 Å². The van der Waals surface area contributed by atoms with Gasteiger partial charge in [0.05, 0.1) is 23.3 Å². The van der Waals surface area contributed by atoms with Crippen LogP contribution in [-0.2, 0) is 4.74 Å². The molecule has 2 rings (SSSR count). The highest BCUT2D eigenvalue weighted by Crippen LogP contribution is 2.29. The SMILES string of the molecule is CCNc1nc(NCCCN2CCOCC2)c(Cl)cc1Cl. The molecule has 0 aliphatic carbocycles. The molecule has 1 aliphatic rings. The monoisotopic (exact) mass is 332 g/mol. The number of hydrogen-bond acceptors (Lipinski definition) is 5. The fraction of sp³-hybridized carbons (Fsp3) is 0.643. The summed E-state index contributed by atoms with van der Waals surface area (Å²) in [6.07, 6.45) is 1.04. The van der Waals surface area contributed by atoms with Gasteiger partial charge in [-0.25, -0.2) is 4.98 Å². The van der Waals surface area contributed by atoms with Crippen LogP contribution in [0.2, 0.25) is 10.0 Å². The molecule has 5 nitrogen and oxygen atoms in total. The Morgan fingerprint density at radius 1 is 1.19 bits per heavy atom. The number of aromatic nitrogens is 1. The molecular formula is C14H22Cl2N4O. The molecule has 1 saturated heterocycles. The molecule has 1 aromatic heterocycles. The number of rotatable bonds is 7. The molecule has 0 saturated carbocycles. The van der Waals surface area contributed by atoms with Crippen molar-refractivity contribution in [1.29, 1.82) is 0 Å². The first-order valence-electron chi connectivity index (χ1n) is 7.34. The third-order valence-electron chi connectivity index (χ3n) is 3.32. The van der Waals surface area contributed by atoms with Crippen molar-refractivity contribution in [2.45, 2.75) is 13.3 Å². The van der Waals surface area contributed by atoms with Gasteiger partial charge in [0.1, 0.15) is 11.6 Å². The maximum atomic E-state index is 6.17. The second-order valence-corrected chi connectivity index (χ2v) is 5.73. The van der Waals surface area contributed by atoms with Gasteiger partial charge in [-0.1, -0.05) is 23.2 Å². The Kier molecular flexibility index (Phi) is 6.83. The summed E-state index contributed by atoms with van der Waals surface area (Å²) >= 11 is 12.3. The van der Waals surface area contributed by atoms with Crippen LogP contribution in [0.15, 0.2) is 6.07 Å². The normalized spacial score (nSPS) is 16.0. The first-order valence-corrected chi connectivity index (χ1v) is 8.10. The lowest BCUT2D eigenvalue weighted by molar-refractivity contribution is 0.0378. The van der Waals surface area contributed by atoms with Gasteiger partial charge < -0.3 is 15.4 Å². The maximum absolute atomic E-state index is 6.17. The fourth-order valence-electron chi connectivity index (χ4n) is 2.22. The lowest BCUT2D eigenvalue weighted by atomic mass is 10.3. The van der Waals surface area contributed by atoms with Crippen LogP contribution >= 0.6 is 23.2 Å². The van der Waals surface area contributed by atoms with E-state index in [0.29, 0.717) is 21.7 Å². The number of hydrogen-bond donors (Lipinski definition) is 2. The number of nitrogens with zero attached hydrogens (tertiary/aromatic N) is 2. The summed E-state index contributed by atoms with van der Waals surface area (Å²) in [5, 5.41) is 7.49. The second-order valence-electron chi connectivity index (χ2n) is 4.91. The molecule has 0 amide bonds. The molecular weight excluding hydrogens is 311 g/mol. The van der Waals surface area contributed by atoms with E-state index in [9.17, 15) is 0 Å². The molecule has 0 unspecified atom stereocenters. The summed E-state index contributed by atoms with van der Waals surface area (Å²) in [5.74, 6) is 1.35. The van der Waals surface area contributed by atoms with Crippen LogP contribution in [0, 0.1) is 0 Å². The summed E-state index contributed by atoms with van der Waals surface area (Å²) in [4.78, 5) is 6.84. The third-order valence-corrected chi connectivity index (χ3v) is 3.90. The van der Waals surface area contributed by atoms with Gasteiger partial charge in [-0.15, -0.1) is 0 Å². The van der Waals surface area contributed by atoms with E-state index >= 15 is 0 Å². The lowest BCUT2D eigenvalue weighted by Crippen LogP contribution is -2.37. The Morgan fingerprint density at radius 3 is 2.52 bits per heavy atom. The van der Waals surface area contributed by atoms with Crippen LogP contribution in [-0.4, -0.2) is 55.8 Å². The smallest absolute Gasteiger partial charge is 0.147 e. The summed E-state index contributed by atoms with van der Waals surface area (Å²) < 4.78 is 5.33. The van der Waals surface area contributed by atoms with Gasteiger partial charge >= 0.3 is 0 Å². The van der Waals surface area contributed by atoms with Crippen LogP contribution in [0.5, 0.6) is 0 Å². The number of ether oxygens (including phenoxy) is 1. The second kappa shape index (κ2) is 8.63. The molecule has 0 radical (unpaired) electrons. The van der Waals surface area contributed by atoms with Gasteiger partial charge in [0.15, 0.2) is 0 Å². The highest BCUT2D eigenvalue weighted by molar-refractivity contribution is 6.37. The zero-order valence-electron chi connectivity index (χ0n) is 12.3. The number of pyridine rings is 1. The number of morpholine rings is 1. The fourth-order valence-corrected chi connectivity index (χ4v) is 2.71. The van der Waals surface area contributed by atoms with Gasteiger partial charge in [-0.05, 0) is 26.0 Å². The van der Waals surface area contributed by atoms with E-state index in [2.05, 4.69) is 20.5 Å². The van der Waals surface area contributed by atoms with Crippen molar-refractivity contribution in [3.63, 3.8) is 0 Å². The highest BCUT2D eigenvalue weighted by Gasteiger charge is 2.11. The van der Waals surface area contributed by atoms with Crippen molar-refractivity contribution in [2.75, 3.05) is 56.6 Å². The topological polar surface area (TPSA) is 49.4 Å². The molecule has 7 heteroatoms. The van der Waals surface area contributed by atoms with Crippen molar-refractivity contribution in [2.24, 2.45) is 0 Å². The minimum absolute atomic E-state index is 0.542. The Hall–Kier alpha value is -0.750. The molecule has 0 bridgehead atoms. The third kappa shape index (κ3) is 5.18. The Morgan fingerprint density at radius 2 is 1.86 bits per heavy atom. The molecule has 21 heavy (non-hydrogen) atoms. The van der Waals surface area contributed by atoms with Crippen LogP contribution in [0.3, 0.4) is 0 Å². The summed E-state index contributed by atoms with van der Waals surface area (Å²) in [6, 6.07) is 1.72. The van der Waals surface area contributed by atoms with E-state index in [1.54, 1.807) is 6.07 Å². The molecule has 2 N–H and O–H groups in total. The predicted molar refractivity (Wildman–Crippen MR) is 88.8 cm³/mol. The lowest BCUT2D eigenvalue weighted by Gasteiger charge is -2.26.